The van der Waals surface area contributed by atoms with Gasteiger partial charge in [0.05, 0.1) is 0 Å². The maximum absolute atomic E-state index is 13.7. The van der Waals surface area contributed by atoms with Crippen molar-refractivity contribution in [2.75, 3.05) is 6.54 Å². The molecule has 0 bridgehead atoms. The van der Waals surface area contributed by atoms with Gasteiger partial charge in [-0.05, 0) is 32.1 Å². The first-order valence-electron chi connectivity index (χ1n) is 6.93. The third-order valence-corrected chi connectivity index (χ3v) is 4.05. The molecule has 2 fully saturated rings. The van der Waals surface area contributed by atoms with Crippen molar-refractivity contribution in [2.45, 2.75) is 69.5 Å². The SMILES string of the molecule is NC(=NCCC1(F)CCC1)NC1CCCCC1. The molecule has 0 radical (unpaired) electrons. The van der Waals surface area contributed by atoms with Crippen LogP contribution in [-0.4, -0.2) is 24.2 Å². The van der Waals surface area contributed by atoms with E-state index in [0.29, 0.717) is 37.8 Å². The number of hydrogen-bond acceptors (Lipinski definition) is 1. The first-order chi connectivity index (χ1) is 8.18. The molecular weight excluding hydrogens is 217 g/mol. The summed E-state index contributed by atoms with van der Waals surface area (Å²) in [6.45, 7) is 0.516. The molecule has 2 rings (SSSR count). The first-order valence-corrected chi connectivity index (χ1v) is 6.93. The summed E-state index contributed by atoms with van der Waals surface area (Å²) in [6.07, 6.45) is 9.22. The van der Waals surface area contributed by atoms with E-state index >= 15 is 0 Å². The first kappa shape index (κ1) is 12.7. The van der Waals surface area contributed by atoms with Crippen molar-refractivity contribution in [1.82, 2.24) is 5.32 Å². The van der Waals surface area contributed by atoms with Crippen LogP contribution in [0.5, 0.6) is 0 Å². The minimum Gasteiger partial charge on any atom is -0.370 e. The standard InChI is InChI=1S/C13H24FN3/c14-13(7-4-8-13)9-10-16-12(15)17-11-5-2-1-3-6-11/h11H,1-10H2,(H3,15,16,17). The second-order valence-electron chi connectivity index (χ2n) is 5.50. The highest BCUT2D eigenvalue weighted by Gasteiger charge is 2.36. The van der Waals surface area contributed by atoms with E-state index in [4.69, 9.17) is 5.73 Å². The zero-order valence-corrected chi connectivity index (χ0v) is 10.6. The molecule has 0 heterocycles. The summed E-state index contributed by atoms with van der Waals surface area (Å²) < 4.78 is 13.7. The number of halogens is 1. The normalized spacial score (nSPS) is 25.4. The second kappa shape index (κ2) is 5.69. The number of nitrogens with one attached hydrogen (secondary N) is 1. The van der Waals surface area contributed by atoms with E-state index in [2.05, 4.69) is 10.3 Å². The van der Waals surface area contributed by atoms with Gasteiger partial charge in [0.2, 0.25) is 0 Å². The number of nitrogens with two attached hydrogens (primary N) is 1. The van der Waals surface area contributed by atoms with E-state index in [1.807, 2.05) is 0 Å². The van der Waals surface area contributed by atoms with Crippen molar-refractivity contribution in [3.63, 3.8) is 0 Å². The van der Waals surface area contributed by atoms with Gasteiger partial charge in [0.15, 0.2) is 5.96 Å². The van der Waals surface area contributed by atoms with Gasteiger partial charge in [-0.15, -0.1) is 0 Å². The minimum absolute atomic E-state index is 0.482. The Bertz CT molecular complexity index is 268. The van der Waals surface area contributed by atoms with Crippen LogP contribution in [0.2, 0.25) is 0 Å². The quantitative estimate of drug-likeness (QED) is 0.587. The molecule has 3 N–H and O–H groups in total. The van der Waals surface area contributed by atoms with Crippen molar-refractivity contribution in [3.05, 3.63) is 0 Å². The van der Waals surface area contributed by atoms with Gasteiger partial charge < -0.3 is 11.1 Å². The number of nitrogens with zero attached hydrogens (tertiary/aromatic N) is 1. The Morgan fingerprint density at radius 3 is 2.53 bits per heavy atom. The molecule has 0 aromatic heterocycles. The van der Waals surface area contributed by atoms with E-state index < -0.39 is 5.67 Å². The Balaban J connectivity index is 1.65. The average molecular weight is 241 g/mol. The molecule has 2 aliphatic carbocycles. The van der Waals surface area contributed by atoms with Crippen LogP contribution in [0.3, 0.4) is 0 Å². The molecule has 0 unspecified atom stereocenters. The molecule has 0 aliphatic heterocycles. The summed E-state index contributed by atoms with van der Waals surface area (Å²) in [5.41, 5.74) is 4.87. The highest BCUT2D eigenvalue weighted by atomic mass is 19.1. The molecule has 0 saturated heterocycles. The van der Waals surface area contributed by atoms with Gasteiger partial charge in [0.25, 0.3) is 0 Å². The van der Waals surface area contributed by atoms with Gasteiger partial charge in [0, 0.05) is 19.0 Å². The van der Waals surface area contributed by atoms with E-state index in [1.165, 1.54) is 32.1 Å². The number of aliphatic imine (C=N–C) groups is 1. The van der Waals surface area contributed by atoms with E-state index in [0.717, 1.165) is 6.42 Å². The maximum Gasteiger partial charge on any atom is 0.188 e. The van der Waals surface area contributed by atoms with Gasteiger partial charge in [-0.2, -0.15) is 0 Å². The molecule has 0 spiro atoms. The molecular formula is C13H24FN3. The monoisotopic (exact) mass is 241 g/mol. The lowest BCUT2D eigenvalue weighted by Gasteiger charge is -2.33. The molecule has 2 saturated carbocycles. The fourth-order valence-electron chi connectivity index (χ4n) is 2.69. The number of hydrogen-bond donors (Lipinski definition) is 2. The lowest BCUT2D eigenvalue weighted by Crippen LogP contribution is -2.41. The summed E-state index contributed by atoms with van der Waals surface area (Å²) >= 11 is 0. The molecule has 0 atom stereocenters. The number of alkyl halides is 1. The topological polar surface area (TPSA) is 50.4 Å². The zero-order chi connectivity index (χ0) is 12.1. The summed E-state index contributed by atoms with van der Waals surface area (Å²) in [6, 6.07) is 0.482. The molecule has 3 nitrogen and oxygen atoms in total. The predicted octanol–water partition coefficient (Wildman–Crippen LogP) is 2.51. The molecule has 2 aliphatic rings. The van der Waals surface area contributed by atoms with Crippen LogP contribution >= 0.6 is 0 Å². The van der Waals surface area contributed by atoms with Crippen LogP contribution in [0, 0.1) is 0 Å². The Morgan fingerprint density at radius 2 is 1.94 bits per heavy atom. The fourth-order valence-corrected chi connectivity index (χ4v) is 2.69. The van der Waals surface area contributed by atoms with Gasteiger partial charge in [0.1, 0.15) is 5.67 Å². The highest BCUT2D eigenvalue weighted by Crippen LogP contribution is 2.38. The lowest BCUT2D eigenvalue weighted by atomic mass is 9.80. The second-order valence-corrected chi connectivity index (χ2v) is 5.50. The Kier molecular flexibility index (Phi) is 4.24. The highest BCUT2D eigenvalue weighted by molar-refractivity contribution is 5.78. The van der Waals surface area contributed by atoms with Crippen LogP contribution in [0.4, 0.5) is 4.39 Å². The Morgan fingerprint density at radius 1 is 1.24 bits per heavy atom. The summed E-state index contributed by atoms with van der Waals surface area (Å²) in [5.74, 6) is 0.500. The van der Waals surface area contributed by atoms with Crippen molar-refractivity contribution in [2.24, 2.45) is 10.7 Å². The van der Waals surface area contributed by atoms with Gasteiger partial charge >= 0.3 is 0 Å². The summed E-state index contributed by atoms with van der Waals surface area (Å²) in [5, 5.41) is 3.25. The molecule has 17 heavy (non-hydrogen) atoms. The van der Waals surface area contributed by atoms with Crippen LogP contribution in [0.1, 0.15) is 57.8 Å². The third-order valence-electron chi connectivity index (χ3n) is 4.05. The van der Waals surface area contributed by atoms with Crippen LogP contribution < -0.4 is 11.1 Å². The molecule has 4 heteroatoms. The van der Waals surface area contributed by atoms with Crippen molar-refractivity contribution in [1.29, 1.82) is 0 Å². The van der Waals surface area contributed by atoms with Crippen molar-refractivity contribution < 1.29 is 4.39 Å². The minimum atomic E-state index is -0.936. The number of rotatable bonds is 4. The van der Waals surface area contributed by atoms with E-state index in [-0.39, 0.29) is 0 Å². The molecule has 0 amide bonds. The Labute approximate surface area is 103 Å². The van der Waals surface area contributed by atoms with Crippen molar-refractivity contribution >= 4 is 5.96 Å². The van der Waals surface area contributed by atoms with E-state index in [1.54, 1.807) is 0 Å². The maximum atomic E-state index is 13.7. The molecule has 0 aromatic rings. The predicted molar refractivity (Wildman–Crippen MR) is 68.8 cm³/mol. The van der Waals surface area contributed by atoms with Gasteiger partial charge in [-0.1, -0.05) is 19.3 Å². The largest absolute Gasteiger partial charge is 0.370 e. The molecule has 0 aromatic carbocycles. The fraction of sp³-hybridized carbons (Fsp3) is 0.923. The van der Waals surface area contributed by atoms with Crippen LogP contribution in [-0.2, 0) is 0 Å². The smallest absolute Gasteiger partial charge is 0.188 e. The van der Waals surface area contributed by atoms with Crippen molar-refractivity contribution in [3.8, 4) is 0 Å². The summed E-state index contributed by atoms with van der Waals surface area (Å²) in [4.78, 5) is 4.23. The zero-order valence-electron chi connectivity index (χ0n) is 10.6. The molecule has 98 valence electrons. The van der Waals surface area contributed by atoms with Gasteiger partial charge in [-0.3, -0.25) is 4.99 Å². The number of guanidine groups is 1. The summed E-state index contributed by atoms with van der Waals surface area (Å²) in [7, 11) is 0. The average Bonchev–Trinajstić information content (AvgIpc) is 2.28. The lowest BCUT2D eigenvalue weighted by molar-refractivity contribution is 0.0568. The van der Waals surface area contributed by atoms with E-state index in [9.17, 15) is 4.39 Å². The Hall–Kier alpha value is -0.800. The third kappa shape index (κ3) is 3.86. The van der Waals surface area contributed by atoms with Gasteiger partial charge in [-0.25, -0.2) is 4.39 Å². The van der Waals surface area contributed by atoms with Crippen LogP contribution in [0.25, 0.3) is 0 Å². The van der Waals surface area contributed by atoms with Crippen LogP contribution in [0.15, 0.2) is 4.99 Å².